The van der Waals surface area contributed by atoms with E-state index in [1.165, 1.54) is 36.7 Å². The Morgan fingerprint density at radius 3 is 2.80 bits per heavy atom. The van der Waals surface area contributed by atoms with Gasteiger partial charge in [0.15, 0.2) is 11.5 Å². The second kappa shape index (κ2) is 9.93. The first kappa shape index (κ1) is 21.4. The molecule has 1 heterocycles. The number of aromatic hydroxyl groups is 1. The molecule has 3 N–H and O–H groups in total. The van der Waals surface area contributed by atoms with E-state index < -0.39 is 0 Å². The second-order valence-electron chi connectivity index (χ2n) is 6.48. The summed E-state index contributed by atoms with van der Waals surface area (Å²) >= 11 is 1.33. The molecule has 0 saturated heterocycles. The minimum Gasteiger partial charge on any atom is -0.504 e. The molecule has 0 aliphatic carbocycles. The third-order valence-electron chi connectivity index (χ3n) is 4.34. The number of aromatic nitrogens is 3. The largest absolute Gasteiger partial charge is 0.504 e. The number of aryl methyl sites for hydroxylation is 1. The molecular formula is C21H24N5O3S+. The van der Waals surface area contributed by atoms with E-state index >= 15 is 0 Å². The molecule has 0 atom stereocenters. The molecule has 0 bridgehead atoms. The lowest BCUT2D eigenvalue weighted by molar-refractivity contribution is -0.719. The fraction of sp³-hybridized carbons (Fsp3) is 0.238. The molecule has 0 radical (unpaired) electrons. The minimum atomic E-state index is -0.246. The quantitative estimate of drug-likeness (QED) is 0.222. The van der Waals surface area contributed by atoms with Crippen molar-refractivity contribution in [3.05, 3.63) is 53.6 Å². The van der Waals surface area contributed by atoms with Crippen LogP contribution >= 0.6 is 11.8 Å². The maximum atomic E-state index is 12.1. The van der Waals surface area contributed by atoms with Gasteiger partial charge in [0.25, 0.3) is 11.7 Å². The van der Waals surface area contributed by atoms with Crippen LogP contribution in [0.4, 0.5) is 0 Å². The molecule has 0 aliphatic heterocycles. The number of carbonyl (C=O) groups is 1. The summed E-state index contributed by atoms with van der Waals surface area (Å²) in [5.74, 6) is 1.22. The maximum absolute atomic E-state index is 12.1. The molecule has 1 aromatic heterocycles. The Balaban J connectivity index is 1.59. The molecule has 30 heavy (non-hydrogen) atoms. The molecule has 156 valence electrons. The molecule has 0 aliphatic rings. The van der Waals surface area contributed by atoms with E-state index in [1.807, 2.05) is 30.5 Å². The van der Waals surface area contributed by atoms with E-state index in [4.69, 9.17) is 4.74 Å². The van der Waals surface area contributed by atoms with Gasteiger partial charge in [-0.15, -0.1) is 5.10 Å². The van der Waals surface area contributed by atoms with E-state index in [9.17, 15) is 9.90 Å². The zero-order chi connectivity index (χ0) is 21.5. The van der Waals surface area contributed by atoms with Crippen molar-refractivity contribution in [2.75, 3.05) is 12.9 Å². The third kappa shape index (κ3) is 5.18. The summed E-state index contributed by atoms with van der Waals surface area (Å²) in [4.78, 5) is 12.1. The van der Waals surface area contributed by atoms with E-state index in [0.29, 0.717) is 11.3 Å². The summed E-state index contributed by atoms with van der Waals surface area (Å²) in [6, 6.07) is 13.0. The molecule has 3 aromatic rings. The Labute approximate surface area is 179 Å². The molecule has 2 aromatic carbocycles. The topological polar surface area (TPSA) is 103 Å². The molecule has 8 nitrogen and oxygen atoms in total. The number of ether oxygens (including phenoxy) is 1. The van der Waals surface area contributed by atoms with Crippen molar-refractivity contribution >= 4 is 23.9 Å². The molecule has 0 spiro atoms. The number of nitrogens with one attached hydrogen (secondary N) is 2. The first-order chi connectivity index (χ1) is 14.5. The average Bonchev–Trinajstić information content (AvgIpc) is 3.17. The zero-order valence-corrected chi connectivity index (χ0v) is 17.9. The number of hydrazone groups is 1. The molecule has 0 saturated carbocycles. The van der Waals surface area contributed by atoms with Gasteiger partial charge in [-0.2, -0.15) is 5.10 Å². The summed E-state index contributed by atoms with van der Waals surface area (Å²) in [6.45, 7) is 4.81. The summed E-state index contributed by atoms with van der Waals surface area (Å²) in [5.41, 5.74) is 5.42. The van der Waals surface area contributed by atoms with E-state index in [0.717, 1.165) is 23.1 Å². The van der Waals surface area contributed by atoms with Gasteiger partial charge in [-0.25, -0.2) is 9.99 Å². The molecule has 0 fully saturated rings. The molecule has 0 unspecified atom stereocenters. The van der Waals surface area contributed by atoms with Gasteiger partial charge in [0, 0.05) is 0 Å². The van der Waals surface area contributed by atoms with Crippen LogP contribution in [0.3, 0.4) is 0 Å². The molecule has 9 heteroatoms. The van der Waals surface area contributed by atoms with Crippen LogP contribution in [0.25, 0.3) is 11.4 Å². The fourth-order valence-electron chi connectivity index (χ4n) is 2.77. The van der Waals surface area contributed by atoms with Gasteiger partial charge in [0.2, 0.25) is 0 Å². The summed E-state index contributed by atoms with van der Waals surface area (Å²) in [7, 11) is 1.47. The summed E-state index contributed by atoms with van der Waals surface area (Å²) in [5, 5.41) is 21.7. The number of thioether (sulfide) groups is 1. The maximum Gasteiger partial charge on any atom is 0.337 e. The lowest BCUT2D eigenvalue weighted by Crippen LogP contribution is -2.36. The van der Waals surface area contributed by atoms with Gasteiger partial charge >= 0.3 is 5.16 Å². The monoisotopic (exact) mass is 426 g/mol. The Morgan fingerprint density at radius 2 is 2.10 bits per heavy atom. The number of phenolic OH excluding ortho intramolecular Hbond substituents is 1. The minimum absolute atomic E-state index is 0.0447. The van der Waals surface area contributed by atoms with Crippen LogP contribution in [-0.4, -0.2) is 40.3 Å². The lowest BCUT2D eigenvalue weighted by atomic mass is 10.1. The zero-order valence-electron chi connectivity index (χ0n) is 17.0. The summed E-state index contributed by atoms with van der Waals surface area (Å²) < 4.78 is 7.08. The van der Waals surface area contributed by atoms with Crippen molar-refractivity contribution in [1.29, 1.82) is 0 Å². The Morgan fingerprint density at radius 1 is 1.33 bits per heavy atom. The number of hydrogen-bond acceptors (Lipinski definition) is 6. The predicted octanol–water partition coefficient (Wildman–Crippen LogP) is 2.65. The van der Waals surface area contributed by atoms with E-state index in [1.54, 1.807) is 12.1 Å². The highest BCUT2D eigenvalue weighted by Gasteiger charge is 2.21. The van der Waals surface area contributed by atoms with Gasteiger partial charge in [0.1, 0.15) is 0 Å². The Kier molecular flexibility index (Phi) is 7.08. The van der Waals surface area contributed by atoms with Crippen LogP contribution in [0.15, 0.2) is 52.7 Å². The SMILES string of the molecule is CC[n+]1c(SCC(=O)N/N=C/c2ccc(O)c(OC)c2)n[nH]c1-c1ccc(C)cc1. The van der Waals surface area contributed by atoms with Gasteiger partial charge < -0.3 is 9.84 Å². The first-order valence-corrected chi connectivity index (χ1v) is 10.4. The number of hydrogen-bond donors (Lipinski definition) is 3. The van der Waals surface area contributed by atoms with Crippen molar-refractivity contribution in [3.8, 4) is 22.9 Å². The normalized spacial score (nSPS) is 11.0. The number of rotatable bonds is 8. The number of H-pyrrole nitrogens is 1. The number of amides is 1. The predicted molar refractivity (Wildman–Crippen MR) is 116 cm³/mol. The van der Waals surface area contributed by atoms with Crippen LogP contribution in [0.5, 0.6) is 11.5 Å². The number of benzene rings is 2. The molecular weight excluding hydrogens is 402 g/mol. The highest BCUT2D eigenvalue weighted by Crippen LogP contribution is 2.25. The first-order valence-electron chi connectivity index (χ1n) is 9.38. The smallest absolute Gasteiger partial charge is 0.337 e. The molecule has 3 rings (SSSR count). The number of aromatic amines is 1. The average molecular weight is 427 g/mol. The van der Waals surface area contributed by atoms with Crippen LogP contribution in [0.2, 0.25) is 0 Å². The molecule has 1 amide bonds. The lowest BCUT2D eigenvalue weighted by Gasteiger charge is -2.03. The highest BCUT2D eigenvalue weighted by atomic mass is 32.2. The third-order valence-corrected chi connectivity index (χ3v) is 5.31. The number of nitrogens with zero attached hydrogens (tertiary/aromatic N) is 3. The van der Waals surface area contributed by atoms with E-state index in [-0.39, 0.29) is 17.4 Å². The van der Waals surface area contributed by atoms with Crippen molar-refractivity contribution in [3.63, 3.8) is 0 Å². The van der Waals surface area contributed by atoms with Crippen LogP contribution < -0.4 is 14.7 Å². The number of carbonyl (C=O) groups excluding carboxylic acids is 1. The Hall–Kier alpha value is -3.33. The van der Waals surface area contributed by atoms with Crippen LogP contribution in [0.1, 0.15) is 18.1 Å². The van der Waals surface area contributed by atoms with Gasteiger partial charge in [0.05, 0.1) is 36.3 Å². The van der Waals surface area contributed by atoms with Gasteiger partial charge in [-0.1, -0.05) is 17.7 Å². The fourth-order valence-corrected chi connectivity index (χ4v) is 3.58. The highest BCUT2D eigenvalue weighted by molar-refractivity contribution is 7.99. The van der Waals surface area contributed by atoms with Crippen molar-refractivity contribution in [2.45, 2.75) is 25.5 Å². The van der Waals surface area contributed by atoms with Crippen molar-refractivity contribution < 1.29 is 19.2 Å². The van der Waals surface area contributed by atoms with Gasteiger partial charge in [-0.3, -0.25) is 4.79 Å². The van der Waals surface area contributed by atoms with Crippen molar-refractivity contribution in [1.82, 2.24) is 15.6 Å². The second-order valence-corrected chi connectivity index (χ2v) is 7.42. The van der Waals surface area contributed by atoms with Gasteiger partial charge in [-0.05, 0) is 61.5 Å². The Bertz CT molecular complexity index is 1050. The van der Waals surface area contributed by atoms with Crippen LogP contribution in [-0.2, 0) is 11.3 Å². The number of methoxy groups -OCH3 is 1. The van der Waals surface area contributed by atoms with E-state index in [2.05, 4.69) is 32.9 Å². The van der Waals surface area contributed by atoms with Crippen molar-refractivity contribution in [2.24, 2.45) is 5.10 Å². The summed E-state index contributed by atoms with van der Waals surface area (Å²) in [6.07, 6.45) is 1.49. The standard InChI is InChI=1S/C21H23N5O3S/c1-4-26-20(16-8-5-14(2)6-9-16)24-25-21(26)30-13-19(28)23-22-12-15-7-10-17(27)18(11-15)29-3/h5-12H,4,13H2,1-3H3,(H2,22,23,27,28)/p+1. The van der Waals surface area contributed by atoms with Crippen LogP contribution in [0, 0.1) is 6.92 Å². The number of phenols is 1.